The Hall–Kier alpha value is -1.95. The molecule has 1 aromatic heterocycles. The van der Waals surface area contributed by atoms with Gasteiger partial charge in [0.25, 0.3) is 0 Å². The maximum atomic E-state index is 13.9. The Labute approximate surface area is 122 Å². The van der Waals surface area contributed by atoms with Gasteiger partial charge < -0.3 is 15.2 Å². The maximum Gasteiger partial charge on any atom is 0.237 e. The Kier molecular flexibility index (Phi) is 3.88. The monoisotopic (exact) mass is 290 g/mol. The van der Waals surface area contributed by atoms with E-state index in [0.717, 1.165) is 30.9 Å². The predicted molar refractivity (Wildman–Crippen MR) is 78.5 cm³/mol. The lowest BCUT2D eigenvalue weighted by atomic mass is 10.1. The second-order valence-electron chi connectivity index (χ2n) is 5.29. The minimum Gasteiger partial charge on any atom is -0.353 e. The number of hydrogen-bond acceptors (Lipinski definition) is 3. The molecule has 112 valence electrons. The Bertz CT molecular complexity index is 667. The second kappa shape index (κ2) is 5.81. The fourth-order valence-corrected chi connectivity index (χ4v) is 2.79. The van der Waals surface area contributed by atoms with E-state index in [4.69, 9.17) is 0 Å². The van der Waals surface area contributed by atoms with Gasteiger partial charge in [-0.1, -0.05) is 13.0 Å². The van der Waals surface area contributed by atoms with Crippen LogP contribution in [0.1, 0.15) is 19.2 Å². The number of piperazine rings is 1. The van der Waals surface area contributed by atoms with Gasteiger partial charge in [0.2, 0.25) is 5.91 Å². The van der Waals surface area contributed by atoms with Crippen molar-refractivity contribution in [2.75, 3.05) is 13.1 Å². The minimum atomic E-state index is -0.315. The third-order valence-corrected chi connectivity index (χ3v) is 3.77. The normalized spacial score (nSPS) is 19.0. The van der Waals surface area contributed by atoms with Gasteiger partial charge in [-0.25, -0.2) is 9.37 Å². The van der Waals surface area contributed by atoms with Crippen molar-refractivity contribution in [1.82, 2.24) is 20.2 Å². The van der Waals surface area contributed by atoms with Crippen LogP contribution >= 0.6 is 0 Å². The van der Waals surface area contributed by atoms with Crippen LogP contribution in [0.3, 0.4) is 0 Å². The molecule has 3 rings (SSSR count). The summed E-state index contributed by atoms with van der Waals surface area (Å²) in [6, 6.07) is 4.69. The molecule has 1 aromatic carbocycles. The van der Waals surface area contributed by atoms with Crippen molar-refractivity contribution in [2.24, 2.45) is 0 Å². The van der Waals surface area contributed by atoms with Crippen LogP contribution in [0.15, 0.2) is 18.2 Å². The van der Waals surface area contributed by atoms with Crippen LogP contribution in [0, 0.1) is 5.82 Å². The van der Waals surface area contributed by atoms with Gasteiger partial charge in [-0.3, -0.25) is 4.79 Å². The number of benzene rings is 1. The van der Waals surface area contributed by atoms with E-state index in [1.54, 1.807) is 6.07 Å². The van der Waals surface area contributed by atoms with Gasteiger partial charge >= 0.3 is 0 Å². The number of para-hydroxylation sites is 1. The molecule has 0 spiro atoms. The Morgan fingerprint density at radius 1 is 1.43 bits per heavy atom. The van der Waals surface area contributed by atoms with E-state index in [1.165, 1.54) is 6.07 Å². The summed E-state index contributed by atoms with van der Waals surface area (Å²) < 4.78 is 15.9. The molecule has 21 heavy (non-hydrogen) atoms. The lowest BCUT2D eigenvalue weighted by molar-refractivity contribution is -0.124. The number of hydrogen-bond donors (Lipinski definition) is 2. The van der Waals surface area contributed by atoms with E-state index in [9.17, 15) is 9.18 Å². The van der Waals surface area contributed by atoms with Crippen molar-refractivity contribution in [3.8, 4) is 0 Å². The molecule has 2 aromatic rings. The van der Waals surface area contributed by atoms with Crippen molar-refractivity contribution in [3.05, 3.63) is 29.8 Å². The molecule has 1 amide bonds. The molecule has 0 aliphatic carbocycles. The van der Waals surface area contributed by atoms with E-state index in [2.05, 4.69) is 22.5 Å². The van der Waals surface area contributed by atoms with Crippen molar-refractivity contribution in [3.63, 3.8) is 0 Å². The van der Waals surface area contributed by atoms with E-state index < -0.39 is 0 Å². The second-order valence-corrected chi connectivity index (χ2v) is 5.29. The standard InChI is InChI=1S/C15H19FN4O/c1-2-8-20-12-5-3-4-10(16)14(12)19-13(20)9-11-15(21)18-7-6-17-11/h3-5,11,17H,2,6-9H2,1H3,(H,18,21). The number of aromatic nitrogens is 2. The number of carbonyl (C=O) groups is 1. The number of amides is 1. The zero-order valence-corrected chi connectivity index (χ0v) is 12.0. The van der Waals surface area contributed by atoms with Crippen molar-refractivity contribution in [2.45, 2.75) is 32.4 Å². The molecular weight excluding hydrogens is 271 g/mol. The summed E-state index contributed by atoms with van der Waals surface area (Å²) in [4.78, 5) is 16.3. The fraction of sp³-hybridized carbons (Fsp3) is 0.467. The third kappa shape index (κ3) is 2.63. The smallest absolute Gasteiger partial charge is 0.237 e. The lowest BCUT2D eigenvalue weighted by Gasteiger charge is -2.23. The molecule has 1 aliphatic rings. The maximum absolute atomic E-state index is 13.9. The number of nitrogens with zero attached hydrogens (tertiary/aromatic N) is 2. The largest absolute Gasteiger partial charge is 0.353 e. The summed E-state index contributed by atoms with van der Waals surface area (Å²) in [7, 11) is 0. The highest BCUT2D eigenvalue weighted by atomic mass is 19.1. The zero-order chi connectivity index (χ0) is 14.8. The lowest BCUT2D eigenvalue weighted by Crippen LogP contribution is -2.54. The van der Waals surface area contributed by atoms with E-state index in [1.807, 2.05) is 10.6 Å². The van der Waals surface area contributed by atoms with Crippen LogP contribution in [-0.4, -0.2) is 34.6 Å². The van der Waals surface area contributed by atoms with Gasteiger partial charge in [-0.15, -0.1) is 0 Å². The quantitative estimate of drug-likeness (QED) is 0.890. The van der Waals surface area contributed by atoms with Crippen LogP contribution in [0.5, 0.6) is 0 Å². The van der Waals surface area contributed by atoms with Crippen LogP contribution < -0.4 is 10.6 Å². The first kappa shape index (κ1) is 14.0. The molecular formula is C15H19FN4O. The summed E-state index contributed by atoms with van der Waals surface area (Å²) in [6.07, 6.45) is 1.40. The average Bonchev–Trinajstić information content (AvgIpc) is 2.82. The molecule has 0 saturated carbocycles. The van der Waals surface area contributed by atoms with Crippen molar-refractivity contribution >= 4 is 16.9 Å². The Balaban J connectivity index is 1.98. The average molecular weight is 290 g/mol. The molecule has 0 bridgehead atoms. The molecule has 1 unspecified atom stereocenters. The zero-order valence-electron chi connectivity index (χ0n) is 12.0. The summed E-state index contributed by atoms with van der Waals surface area (Å²) in [5.41, 5.74) is 1.18. The van der Waals surface area contributed by atoms with Crippen LogP contribution in [0.4, 0.5) is 4.39 Å². The molecule has 1 atom stereocenters. The summed E-state index contributed by atoms with van der Waals surface area (Å²) in [5, 5.41) is 6.02. The number of aryl methyl sites for hydroxylation is 1. The molecule has 6 heteroatoms. The first-order chi connectivity index (χ1) is 10.2. The number of imidazole rings is 1. The van der Waals surface area contributed by atoms with Gasteiger partial charge in [0.15, 0.2) is 5.82 Å². The van der Waals surface area contributed by atoms with Gasteiger partial charge in [0.1, 0.15) is 11.3 Å². The number of fused-ring (bicyclic) bond motifs is 1. The predicted octanol–water partition coefficient (Wildman–Crippen LogP) is 1.22. The van der Waals surface area contributed by atoms with Crippen LogP contribution in [0.2, 0.25) is 0 Å². The highest BCUT2D eigenvalue weighted by Gasteiger charge is 2.24. The molecule has 0 radical (unpaired) electrons. The molecule has 1 aliphatic heterocycles. The molecule has 1 fully saturated rings. The summed E-state index contributed by atoms with van der Waals surface area (Å²) in [5.74, 6) is 0.424. The van der Waals surface area contributed by atoms with E-state index in [-0.39, 0.29) is 17.8 Å². The number of nitrogens with one attached hydrogen (secondary N) is 2. The number of carbonyl (C=O) groups excluding carboxylic acids is 1. The summed E-state index contributed by atoms with van der Waals surface area (Å²) >= 11 is 0. The molecule has 5 nitrogen and oxygen atoms in total. The van der Waals surface area contributed by atoms with E-state index >= 15 is 0 Å². The number of halogens is 1. The summed E-state index contributed by atoms with van der Waals surface area (Å²) in [6.45, 7) is 4.23. The van der Waals surface area contributed by atoms with Gasteiger partial charge in [0.05, 0.1) is 11.6 Å². The topological polar surface area (TPSA) is 59.0 Å². The van der Waals surface area contributed by atoms with Gasteiger partial charge in [-0.2, -0.15) is 0 Å². The minimum absolute atomic E-state index is 0.0168. The Morgan fingerprint density at radius 2 is 2.29 bits per heavy atom. The molecule has 2 heterocycles. The van der Waals surface area contributed by atoms with Crippen LogP contribution in [-0.2, 0) is 17.8 Å². The fourth-order valence-electron chi connectivity index (χ4n) is 2.79. The Morgan fingerprint density at radius 3 is 3.05 bits per heavy atom. The van der Waals surface area contributed by atoms with Crippen molar-refractivity contribution < 1.29 is 9.18 Å². The van der Waals surface area contributed by atoms with Gasteiger partial charge in [0, 0.05) is 26.1 Å². The van der Waals surface area contributed by atoms with E-state index in [0.29, 0.717) is 18.5 Å². The van der Waals surface area contributed by atoms with Crippen molar-refractivity contribution in [1.29, 1.82) is 0 Å². The first-order valence-electron chi connectivity index (χ1n) is 7.35. The molecule has 2 N–H and O–H groups in total. The van der Waals surface area contributed by atoms with Crippen LogP contribution in [0.25, 0.3) is 11.0 Å². The highest BCUT2D eigenvalue weighted by Crippen LogP contribution is 2.20. The van der Waals surface area contributed by atoms with Gasteiger partial charge in [-0.05, 0) is 18.6 Å². The highest BCUT2D eigenvalue weighted by molar-refractivity contribution is 5.83. The SMILES string of the molecule is CCCn1c(CC2NCCNC2=O)nc2c(F)cccc21. The molecule has 1 saturated heterocycles. The number of rotatable bonds is 4. The first-order valence-corrected chi connectivity index (χ1v) is 7.35. The third-order valence-electron chi connectivity index (χ3n) is 3.77.